The maximum atomic E-state index is 12.4. The third-order valence-corrected chi connectivity index (χ3v) is 9.83. The Balaban J connectivity index is 1.89. The molecule has 0 bridgehead atoms. The average molecular weight is 557 g/mol. The molecule has 1 aromatic carbocycles. The van der Waals surface area contributed by atoms with Crippen molar-refractivity contribution >= 4 is 24.9 Å². The minimum absolute atomic E-state index is 0.179. The van der Waals surface area contributed by atoms with Crippen molar-refractivity contribution in [2.75, 3.05) is 26.9 Å². The van der Waals surface area contributed by atoms with Crippen molar-refractivity contribution in [1.82, 2.24) is 4.98 Å². The summed E-state index contributed by atoms with van der Waals surface area (Å²) in [6, 6.07) is 7.62. The first-order valence-corrected chi connectivity index (χ1v) is 18.5. The maximum absolute atomic E-state index is 12.4. The predicted molar refractivity (Wildman–Crippen MR) is 164 cm³/mol. The lowest BCUT2D eigenvalue weighted by Crippen LogP contribution is -2.33. The van der Waals surface area contributed by atoms with Gasteiger partial charge in [0, 0.05) is 51.4 Å². The van der Waals surface area contributed by atoms with Gasteiger partial charge in [0.1, 0.15) is 5.76 Å². The lowest BCUT2D eigenvalue weighted by Gasteiger charge is -2.33. The van der Waals surface area contributed by atoms with Crippen molar-refractivity contribution in [2.45, 2.75) is 84.6 Å². The SMILES string of the molecule is COCCCc1c[nH]c2ccc(C(COCC[Si](C)(C)C)C(CC(N)C3=CC(C(C)C)C(=O)O3)C(C)C)cc12. The van der Waals surface area contributed by atoms with Crippen molar-refractivity contribution in [3.8, 4) is 0 Å². The van der Waals surface area contributed by atoms with Crippen LogP contribution in [0.15, 0.2) is 36.2 Å². The predicted octanol–water partition coefficient (Wildman–Crippen LogP) is 6.89. The summed E-state index contributed by atoms with van der Waals surface area (Å²) in [4.78, 5) is 15.9. The number of esters is 1. The molecule has 0 aliphatic carbocycles. The second-order valence-electron chi connectivity index (χ2n) is 13.2. The summed E-state index contributed by atoms with van der Waals surface area (Å²) in [6.07, 6.45) is 6.78. The van der Waals surface area contributed by atoms with E-state index in [1.54, 1.807) is 7.11 Å². The number of fused-ring (bicyclic) bond motifs is 1. The molecule has 3 rings (SSSR count). The first-order chi connectivity index (χ1) is 18.4. The first-order valence-electron chi connectivity index (χ1n) is 14.8. The van der Waals surface area contributed by atoms with E-state index in [-0.39, 0.29) is 35.7 Å². The molecule has 4 unspecified atom stereocenters. The lowest BCUT2D eigenvalue weighted by molar-refractivity contribution is -0.141. The van der Waals surface area contributed by atoms with Gasteiger partial charge in [0.15, 0.2) is 0 Å². The molecule has 7 heteroatoms. The van der Waals surface area contributed by atoms with E-state index in [0.717, 1.165) is 44.0 Å². The molecule has 0 fully saturated rings. The molecule has 218 valence electrons. The van der Waals surface area contributed by atoms with Crippen LogP contribution < -0.4 is 5.73 Å². The molecule has 0 spiro atoms. The molecular formula is C32H52N2O4Si. The zero-order valence-corrected chi connectivity index (χ0v) is 26.5. The van der Waals surface area contributed by atoms with Gasteiger partial charge in [0.25, 0.3) is 0 Å². The zero-order chi connectivity index (χ0) is 28.7. The number of cyclic esters (lactones) is 1. The topological polar surface area (TPSA) is 86.6 Å². The fraction of sp³-hybridized carbons (Fsp3) is 0.656. The van der Waals surface area contributed by atoms with Gasteiger partial charge in [0.2, 0.25) is 0 Å². The first kappa shape index (κ1) is 31.6. The van der Waals surface area contributed by atoms with E-state index >= 15 is 0 Å². The number of hydrogen-bond donors (Lipinski definition) is 2. The smallest absolute Gasteiger partial charge is 0.318 e. The molecule has 2 aromatic rings. The summed E-state index contributed by atoms with van der Waals surface area (Å²) in [6.45, 7) is 18.0. The van der Waals surface area contributed by atoms with E-state index in [9.17, 15) is 4.79 Å². The third kappa shape index (κ3) is 8.77. The molecule has 3 N–H and O–H groups in total. The summed E-state index contributed by atoms with van der Waals surface area (Å²) in [5.41, 5.74) is 10.5. The van der Waals surface area contributed by atoms with E-state index in [0.29, 0.717) is 18.3 Å². The number of rotatable bonds is 16. The number of nitrogens with one attached hydrogen (secondary N) is 1. The number of methoxy groups -OCH3 is 1. The van der Waals surface area contributed by atoms with Crippen LogP contribution in [0.25, 0.3) is 10.9 Å². The molecule has 2 heterocycles. The van der Waals surface area contributed by atoms with Crippen LogP contribution in [0.5, 0.6) is 0 Å². The van der Waals surface area contributed by atoms with Crippen LogP contribution in [0, 0.1) is 23.7 Å². The van der Waals surface area contributed by atoms with Crippen LogP contribution in [-0.4, -0.2) is 52.0 Å². The molecule has 0 amide bonds. The Bertz CT molecular complexity index is 1100. The van der Waals surface area contributed by atoms with Crippen molar-refractivity contribution in [1.29, 1.82) is 0 Å². The molecule has 0 radical (unpaired) electrons. The average Bonchev–Trinajstić information content (AvgIpc) is 3.45. The monoisotopic (exact) mass is 556 g/mol. The molecule has 1 aliphatic rings. The van der Waals surface area contributed by atoms with Crippen LogP contribution >= 0.6 is 0 Å². The Labute approximate surface area is 237 Å². The highest BCUT2D eigenvalue weighted by Crippen LogP contribution is 2.38. The Morgan fingerprint density at radius 2 is 1.87 bits per heavy atom. The highest BCUT2D eigenvalue weighted by atomic mass is 28.3. The fourth-order valence-corrected chi connectivity index (χ4v) is 6.29. The van der Waals surface area contributed by atoms with Gasteiger partial charge in [-0.2, -0.15) is 0 Å². The van der Waals surface area contributed by atoms with Gasteiger partial charge in [-0.05, 0) is 72.4 Å². The zero-order valence-electron chi connectivity index (χ0n) is 25.5. The minimum Gasteiger partial charge on any atom is -0.429 e. The van der Waals surface area contributed by atoms with E-state index in [1.807, 2.05) is 19.9 Å². The van der Waals surface area contributed by atoms with Crippen LogP contribution in [0.3, 0.4) is 0 Å². The number of carbonyl (C=O) groups excluding carboxylic acids is 1. The second kappa shape index (κ2) is 14.1. The summed E-state index contributed by atoms with van der Waals surface area (Å²) in [5, 5.41) is 1.27. The Morgan fingerprint density at radius 1 is 1.13 bits per heavy atom. The Kier molecular flexibility index (Phi) is 11.4. The van der Waals surface area contributed by atoms with Gasteiger partial charge in [-0.25, -0.2) is 0 Å². The van der Waals surface area contributed by atoms with Crippen molar-refractivity contribution in [3.63, 3.8) is 0 Å². The summed E-state index contributed by atoms with van der Waals surface area (Å²) < 4.78 is 17.4. The third-order valence-electron chi connectivity index (χ3n) is 8.13. The van der Waals surface area contributed by atoms with E-state index < -0.39 is 8.07 Å². The van der Waals surface area contributed by atoms with E-state index in [2.05, 4.69) is 62.9 Å². The van der Waals surface area contributed by atoms with E-state index in [1.165, 1.54) is 16.5 Å². The van der Waals surface area contributed by atoms with Crippen LogP contribution in [0.1, 0.15) is 57.6 Å². The highest BCUT2D eigenvalue weighted by Gasteiger charge is 2.35. The number of aromatic amines is 1. The van der Waals surface area contributed by atoms with Gasteiger partial charge < -0.3 is 24.9 Å². The standard InChI is InChI=1S/C32H52N2O4Si/c1-21(2)25(17-29(33)31-18-26(22(3)4)32(35)38-31)28(20-37-14-15-39(6,7)8)23-11-12-30-27(16-23)24(19-34-30)10-9-13-36-5/h11-12,16,18-19,21-22,25-26,28-29,34H,9-10,13-15,17,20,33H2,1-8H3. The number of hydrogen-bond acceptors (Lipinski definition) is 5. The van der Waals surface area contributed by atoms with Crippen LogP contribution in [0.2, 0.25) is 25.7 Å². The molecule has 4 atom stereocenters. The molecular weight excluding hydrogens is 504 g/mol. The van der Waals surface area contributed by atoms with Crippen molar-refractivity contribution in [3.05, 3.63) is 47.4 Å². The minimum atomic E-state index is -1.19. The molecule has 1 aliphatic heterocycles. The molecule has 0 saturated heterocycles. The molecule has 1 aromatic heterocycles. The molecule has 6 nitrogen and oxygen atoms in total. The largest absolute Gasteiger partial charge is 0.429 e. The second-order valence-corrected chi connectivity index (χ2v) is 18.8. The van der Waals surface area contributed by atoms with Crippen molar-refractivity contribution in [2.24, 2.45) is 29.4 Å². The number of H-pyrrole nitrogens is 1. The number of benzene rings is 1. The number of nitrogens with two attached hydrogens (primary N) is 1. The Morgan fingerprint density at radius 3 is 2.49 bits per heavy atom. The number of aryl methyl sites for hydroxylation is 1. The highest BCUT2D eigenvalue weighted by molar-refractivity contribution is 6.76. The van der Waals surface area contributed by atoms with Gasteiger partial charge >= 0.3 is 5.97 Å². The molecule has 0 saturated carbocycles. The quantitative estimate of drug-likeness (QED) is 0.134. The number of carbonyl (C=O) groups is 1. The fourth-order valence-electron chi connectivity index (χ4n) is 5.53. The van der Waals surface area contributed by atoms with Gasteiger partial charge in [0.05, 0.1) is 18.6 Å². The maximum Gasteiger partial charge on any atom is 0.318 e. The van der Waals surface area contributed by atoms with Gasteiger partial charge in [-0.1, -0.05) is 53.4 Å². The number of ether oxygens (including phenoxy) is 3. The molecule has 39 heavy (non-hydrogen) atoms. The van der Waals surface area contributed by atoms with Gasteiger partial charge in [-0.3, -0.25) is 4.79 Å². The van der Waals surface area contributed by atoms with E-state index in [4.69, 9.17) is 19.9 Å². The number of aromatic nitrogens is 1. The normalized spacial score (nSPS) is 18.6. The van der Waals surface area contributed by atoms with Gasteiger partial charge in [-0.15, -0.1) is 0 Å². The lowest BCUT2D eigenvalue weighted by atomic mass is 9.75. The summed E-state index contributed by atoms with van der Waals surface area (Å²) in [5.74, 6) is 1.26. The van der Waals surface area contributed by atoms with Crippen LogP contribution in [0.4, 0.5) is 0 Å². The van der Waals surface area contributed by atoms with Crippen molar-refractivity contribution < 1.29 is 19.0 Å². The van der Waals surface area contributed by atoms with Crippen LogP contribution in [-0.2, 0) is 25.4 Å². The Hall–Kier alpha value is -1.93. The summed E-state index contributed by atoms with van der Waals surface area (Å²) >= 11 is 0. The summed E-state index contributed by atoms with van der Waals surface area (Å²) in [7, 11) is 0.562.